The quantitative estimate of drug-likeness (QED) is 0.676. The van der Waals surface area contributed by atoms with Crippen LogP contribution in [0.15, 0.2) is 53.2 Å². The lowest BCUT2D eigenvalue weighted by Gasteiger charge is -2.36. The zero-order valence-corrected chi connectivity index (χ0v) is 15.3. The molecule has 1 amide bonds. The zero-order chi connectivity index (χ0) is 19.3. The fourth-order valence-electron chi connectivity index (χ4n) is 3.20. The third-order valence-corrected chi connectivity index (χ3v) is 4.75. The van der Waals surface area contributed by atoms with E-state index in [4.69, 9.17) is 4.42 Å². The molecule has 7 nitrogen and oxygen atoms in total. The van der Waals surface area contributed by atoms with Crippen LogP contribution in [-0.2, 0) is 11.2 Å². The number of nitrogens with zero attached hydrogens (tertiary/aromatic N) is 5. The van der Waals surface area contributed by atoms with E-state index in [0.717, 1.165) is 24.3 Å². The molecular formula is C20H20FN5O2. The molecule has 4 rings (SSSR count). The lowest BCUT2D eigenvalue weighted by Crippen LogP contribution is -2.48. The van der Waals surface area contributed by atoms with Crippen LogP contribution in [0.2, 0.25) is 0 Å². The number of pyridine rings is 1. The van der Waals surface area contributed by atoms with Gasteiger partial charge >= 0.3 is 0 Å². The number of anilines is 1. The normalized spacial score (nSPS) is 14.3. The molecule has 0 atom stereocenters. The summed E-state index contributed by atoms with van der Waals surface area (Å²) in [4.78, 5) is 20.5. The van der Waals surface area contributed by atoms with Gasteiger partial charge in [-0.1, -0.05) is 0 Å². The summed E-state index contributed by atoms with van der Waals surface area (Å²) in [6.07, 6.45) is 4.06. The summed E-state index contributed by atoms with van der Waals surface area (Å²) in [6.45, 7) is 2.73. The summed E-state index contributed by atoms with van der Waals surface area (Å²) < 4.78 is 18.7. The van der Waals surface area contributed by atoms with Crippen molar-refractivity contribution in [3.8, 4) is 11.5 Å². The van der Waals surface area contributed by atoms with Crippen LogP contribution in [0.25, 0.3) is 11.5 Å². The largest absolute Gasteiger partial charge is 0.421 e. The third kappa shape index (κ3) is 4.16. The van der Waals surface area contributed by atoms with Gasteiger partial charge in [-0.15, -0.1) is 10.2 Å². The second kappa shape index (κ2) is 8.16. The molecule has 0 N–H and O–H groups in total. The Balaban J connectivity index is 1.27. The van der Waals surface area contributed by atoms with Gasteiger partial charge in [0, 0.05) is 57.1 Å². The molecule has 1 aliphatic rings. The first-order valence-electron chi connectivity index (χ1n) is 9.20. The van der Waals surface area contributed by atoms with Crippen molar-refractivity contribution in [3.63, 3.8) is 0 Å². The highest BCUT2D eigenvalue weighted by atomic mass is 19.1. The van der Waals surface area contributed by atoms with E-state index in [1.807, 2.05) is 11.0 Å². The molecule has 28 heavy (non-hydrogen) atoms. The van der Waals surface area contributed by atoms with Crippen molar-refractivity contribution in [2.24, 2.45) is 0 Å². The van der Waals surface area contributed by atoms with Crippen LogP contribution in [0.1, 0.15) is 12.3 Å². The molecule has 3 heterocycles. The topological polar surface area (TPSA) is 75.4 Å². The maximum Gasteiger partial charge on any atom is 0.249 e. The van der Waals surface area contributed by atoms with E-state index in [-0.39, 0.29) is 11.7 Å². The second-order valence-electron chi connectivity index (χ2n) is 6.59. The van der Waals surface area contributed by atoms with Gasteiger partial charge in [-0.3, -0.25) is 9.78 Å². The molecule has 1 saturated heterocycles. The molecule has 2 aromatic heterocycles. The maximum absolute atomic E-state index is 13.1. The number of carbonyl (C=O) groups is 1. The maximum atomic E-state index is 13.1. The third-order valence-electron chi connectivity index (χ3n) is 4.75. The number of aryl methyl sites for hydroxylation is 1. The molecule has 1 aromatic carbocycles. The molecule has 0 aliphatic carbocycles. The van der Waals surface area contributed by atoms with Crippen molar-refractivity contribution in [1.29, 1.82) is 0 Å². The summed E-state index contributed by atoms with van der Waals surface area (Å²) in [6, 6.07) is 10.1. The molecule has 3 aromatic rings. The van der Waals surface area contributed by atoms with Gasteiger partial charge < -0.3 is 14.2 Å². The minimum atomic E-state index is -0.245. The van der Waals surface area contributed by atoms with Crippen molar-refractivity contribution < 1.29 is 13.6 Å². The van der Waals surface area contributed by atoms with Gasteiger partial charge in [0.25, 0.3) is 0 Å². The minimum absolute atomic E-state index is 0.0693. The summed E-state index contributed by atoms with van der Waals surface area (Å²) in [5, 5.41) is 8.03. The molecule has 1 aliphatic heterocycles. The first-order chi connectivity index (χ1) is 13.7. The minimum Gasteiger partial charge on any atom is -0.421 e. The van der Waals surface area contributed by atoms with E-state index in [2.05, 4.69) is 20.1 Å². The van der Waals surface area contributed by atoms with Crippen molar-refractivity contribution in [2.75, 3.05) is 31.1 Å². The smallest absolute Gasteiger partial charge is 0.249 e. The average molecular weight is 381 g/mol. The number of carbonyl (C=O) groups excluding carboxylic acids is 1. The first-order valence-corrected chi connectivity index (χ1v) is 9.20. The Kier molecular flexibility index (Phi) is 5.27. The van der Waals surface area contributed by atoms with Crippen LogP contribution in [0.3, 0.4) is 0 Å². The fourth-order valence-corrected chi connectivity index (χ4v) is 3.20. The number of halogens is 1. The van der Waals surface area contributed by atoms with E-state index in [1.165, 1.54) is 12.1 Å². The molecular weight excluding hydrogens is 361 g/mol. The van der Waals surface area contributed by atoms with E-state index in [0.29, 0.717) is 37.7 Å². The van der Waals surface area contributed by atoms with Gasteiger partial charge in [-0.25, -0.2) is 4.39 Å². The van der Waals surface area contributed by atoms with Crippen molar-refractivity contribution in [1.82, 2.24) is 20.1 Å². The van der Waals surface area contributed by atoms with Crippen LogP contribution in [0.4, 0.5) is 10.1 Å². The van der Waals surface area contributed by atoms with E-state index in [9.17, 15) is 9.18 Å². The number of aromatic nitrogens is 3. The highest BCUT2D eigenvalue weighted by molar-refractivity contribution is 5.76. The highest BCUT2D eigenvalue weighted by Crippen LogP contribution is 2.19. The standard InChI is InChI=1S/C20H20FN5O2/c21-16-3-5-17(6-4-16)25-10-12-26(13-11-25)19(27)8-7-18-23-24-20(28-18)15-2-1-9-22-14-15/h1-6,9,14H,7-8,10-13H2. The molecule has 0 saturated carbocycles. The summed E-state index contributed by atoms with van der Waals surface area (Å²) in [5.41, 5.74) is 1.73. The molecule has 0 bridgehead atoms. The van der Waals surface area contributed by atoms with Crippen molar-refractivity contribution in [2.45, 2.75) is 12.8 Å². The van der Waals surface area contributed by atoms with Crippen LogP contribution in [0, 0.1) is 5.82 Å². The number of rotatable bonds is 5. The van der Waals surface area contributed by atoms with Gasteiger partial charge in [0.2, 0.25) is 17.7 Å². The Morgan fingerprint density at radius 2 is 1.86 bits per heavy atom. The van der Waals surface area contributed by atoms with Gasteiger partial charge in [0.1, 0.15) is 5.82 Å². The van der Waals surface area contributed by atoms with Crippen LogP contribution >= 0.6 is 0 Å². The number of piperazine rings is 1. The fraction of sp³-hybridized carbons (Fsp3) is 0.300. The SMILES string of the molecule is O=C(CCc1nnc(-c2cccnc2)o1)N1CCN(c2ccc(F)cc2)CC1. The Hall–Kier alpha value is -3.29. The first kappa shape index (κ1) is 18.1. The van der Waals surface area contributed by atoms with Crippen LogP contribution in [0.5, 0.6) is 0 Å². The van der Waals surface area contributed by atoms with Gasteiger partial charge in [-0.2, -0.15) is 0 Å². The van der Waals surface area contributed by atoms with Crippen LogP contribution < -0.4 is 4.90 Å². The predicted molar refractivity (Wildman–Crippen MR) is 101 cm³/mol. The summed E-state index contributed by atoms with van der Waals surface area (Å²) in [5.74, 6) is 0.672. The number of benzene rings is 1. The molecule has 0 radical (unpaired) electrons. The van der Waals surface area contributed by atoms with Gasteiger partial charge in [-0.05, 0) is 36.4 Å². The molecule has 0 unspecified atom stereocenters. The Morgan fingerprint density at radius 1 is 1.07 bits per heavy atom. The molecule has 8 heteroatoms. The van der Waals surface area contributed by atoms with Crippen molar-refractivity contribution in [3.05, 3.63) is 60.5 Å². The van der Waals surface area contributed by atoms with E-state index >= 15 is 0 Å². The molecule has 1 fully saturated rings. The summed E-state index contributed by atoms with van der Waals surface area (Å²) in [7, 11) is 0. The lowest BCUT2D eigenvalue weighted by molar-refractivity contribution is -0.131. The van der Waals surface area contributed by atoms with Crippen molar-refractivity contribution >= 4 is 11.6 Å². The monoisotopic (exact) mass is 381 g/mol. The van der Waals surface area contributed by atoms with Gasteiger partial charge in [0.15, 0.2) is 0 Å². The number of amides is 1. The average Bonchev–Trinajstić information content (AvgIpc) is 3.22. The summed E-state index contributed by atoms with van der Waals surface area (Å²) >= 11 is 0. The second-order valence-corrected chi connectivity index (χ2v) is 6.59. The van der Waals surface area contributed by atoms with E-state index < -0.39 is 0 Å². The Labute approximate surface area is 161 Å². The zero-order valence-electron chi connectivity index (χ0n) is 15.3. The Morgan fingerprint density at radius 3 is 2.57 bits per heavy atom. The van der Waals surface area contributed by atoms with Crippen LogP contribution in [-0.4, -0.2) is 52.2 Å². The molecule has 0 spiro atoms. The van der Waals surface area contributed by atoms with Gasteiger partial charge in [0.05, 0.1) is 5.56 Å². The number of hydrogen-bond acceptors (Lipinski definition) is 6. The Bertz CT molecular complexity index is 921. The molecule has 144 valence electrons. The number of hydrogen-bond donors (Lipinski definition) is 0. The van der Waals surface area contributed by atoms with E-state index in [1.54, 1.807) is 30.6 Å². The predicted octanol–water partition coefficient (Wildman–Crippen LogP) is 2.55. The lowest BCUT2D eigenvalue weighted by atomic mass is 10.2. The highest BCUT2D eigenvalue weighted by Gasteiger charge is 2.22.